The average Bonchev–Trinajstić information content (AvgIpc) is 2.74. The van der Waals surface area contributed by atoms with Gasteiger partial charge in [0.05, 0.1) is 17.7 Å². The number of hydrogen-bond donors (Lipinski definition) is 1. The maximum absolute atomic E-state index is 5.87. The van der Waals surface area contributed by atoms with E-state index in [1.807, 2.05) is 19.4 Å². The molecule has 0 saturated carbocycles. The van der Waals surface area contributed by atoms with E-state index in [1.54, 1.807) is 11.3 Å². The molecule has 2 rings (SSSR count). The number of pyridine rings is 1. The molecule has 19 heavy (non-hydrogen) atoms. The van der Waals surface area contributed by atoms with E-state index in [-0.39, 0.29) is 0 Å². The van der Waals surface area contributed by atoms with E-state index in [9.17, 15) is 0 Å². The molecule has 2 N–H and O–H groups in total. The third kappa shape index (κ3) is 2.93. The molecule has 0 aromatic carbocycles. The average molecular weight is 276 g/mol. The highest BCUT2D eigenvalue weighted by Gasteiger charge is 2.13. The predicted molar refractivity (Wildman–Crippen MR) is 80.6 cm³/mol. The van der Waals surface area contributed by atoms with Crippen LogP contribution >= 0.6 is 11.3 Å². The van der Waals surface area contributed by atoms with Gasteiger partial charge in [0, 0.05) is 29.7 Å². The fourth-order valence-electron chi connectivity index (χ4n) is 2.18. The molecule has 0 amide bonds. The van der Waals surface area contributed by atoms with Crippen LogP contribution in [0.15, 0.2) is 11.6 Å². The third-order valence-electron chi connectivity index (χ3n) is 3.24. The van der Waals surface area contributed by atoms with Crippen molar-refractivity contribution in [1.29, 1.82) is 0 Å². The molecular weight excluding hydrogens is 256 g/mol. The summed E-state index contributed by atoms with van der Waals surface area (Å²) in [6, 6.07) is 2.08. The fraction of sp³-hybridized carbons (Fsp3) is 0.429. The van der Waals surface area contributed by atoms with Crippen LogP contribution in [0, 0.1) is 20.8 Å². The van der Waals surface area contributed by atoms with Crippen LogP contribution < -0.4 is 10.6 Å². The maximum Gasteiger partial charge on any atom is 0.133 e. The predicted octanol–water partition coefficient (Wildman–Crippen LogP) is 2.56. The van der Waals surface area contributed by atoms with Crippen LogP contribution in [-0.4, -0.2) is 17.0 Å². The van der Waals surface area contributed by atoms with Gasteiger partial charge < -0.3 is 10.6 Å². The summed E-state index contributed by atoms with van der Waals surface area (Å²) in [5.74, 6) is 0.979. The van der Waals surface area contributed by atoms with Gasteiger partial charge in [-0.25, -0.2) is 9.97 Å². The van der Waals surface area contributed by atoms with E-state index in [1.165, 1.54) is 10.4 Å². The first-order valence-corrected chi connectivity index (χ1v) is 7.18. The second-order valence-corrected chi connectivity index (χ2v) is 5.74. The zero-order valence-corrected chi connectivity index (χ0v) is 12.7. The highest BCUT2D eigenvalue weighted by atomic mass is 32.1. The third-order valence-corrected chi connectivity index (χ3v) is 4.16. The largest absolute Gasteiger partial charge is 0.354 e. The number of aryl methyl sites for hydroxylation is 3. The second kappa shape index (κ2) is 5.67. The number of thiazole rings is 1. The molecule has 0 unspecified atom stereocenters. The summed E-state index contributed by atoms with van der Waals surface area (Å²) in [5, 5.41) is 0. The van der Waals surface area contributed by atoms with Gasteiger partial charge in [-0.15, -0.1) is 11.3 Å². The number of aromatic nitrogens is 2. The summed E-state index contributed by atoms with van der Waals surface area (Å²) in [4.78, 5) is 12.4. The van der Waals surface area contributed by atoms with Crippen molar-refractivity contribution in [2.24, 2.45) is 5.73 Å². The van der Waals surface area contributed by atoms with Crippen LogP contribution in [0.25, 0.3) is 0 Å². The molecule has 0 aliphatic heterocycles. The Hall–Kier alpha value is -1.46. The van der Waals surface area contributed by atoms with Crippen molar-refractivity contribution in [2.45, 2.75) is 33.9 Å². The molecule has 2 heterocycles. The number of nitrogens with two attached hydrogens (primary N) is 1. The van der Waals surface area contributed by atoms with Crippen LogP contribution in [0.2, 0.25) is 0 Å². The monoisotopic (exact) mass is 276 g/mol. The Balaban J connectivity index is 2.33. The summed E-state index contributed by atoms with van der Waals surface area (Å²) < 4.78 is 0. The van der Waals surface area contributed by atoms with E-state index >= 15 is 0 Å². The molecular formula is C14H20N4S. The quantitative estimate of drug-likeness (QED) is 0.932. The van der Waals surface area contributed by atoms with Gasteiger partial charge in [0.25, 0.3) is 0 Å². The van der Waals surface area contributed by atoms with Gasteiger partial charge in [0.2, 0.25) is 0 Å². The van der Waals surface area contributed by atoms with Crippen molar-refractivity contribution in [3.63, 3.8) is 0 Å². The normalized spacial score (nSPS) is 10.8. The zero-order valence-electron chi connectivity index (χ0n) is 11.9. The minimum Gasteiger partial charge on any atom is -0.354 e. The highest BCUT2D eigenvalue weighted by Crippen LogP contribution is 2.24. The molecule has 5 heteroatoms. The molecule has 2 aromatic rings. The van der Waals surface area contributed by atoms with Gasteiger partial charge in [0.15, 0.2) is 0 Å². The Bertz CT molecular complexity index is 577. The van der Waals surface area contributed by atoms with Crippen molar-refractivity contribution in [1.82, 2.24) is 9.97 Å². The van der Waals surface area contributed by atoms with Crippen LogP contribution in [0.1, 0.15) is 27.4 Å². The summed E-state index contributed by atoms with van der Waals surface area (Å²) in [7, 11) is 2.06. The lowest BCUT2D eigenvalue weighted by molar-refractivity contribution is 0.868. The SMILES string of the molecule is Cc1cc(C)c(CN)c(N(C)Cc2scnc2C)n1. The standard InChI is InChI=1S/C14H20N4S/c1-9-5-10(2)17-14(12(9)6-15)18(4)7-13-11(3)16-8-19-13/h5,8H,6-7,15H2,1-4H3. The lowest BCUT2D eigenvalue weighted by atomic mass is 10.1. The highest BCUT2D eigenvalue weighted by molar-refractivity contribution is 7.09. The molecule has 0 saturated heterocycles. The molecule has 4 nitrogen and oxygen atoms in total. The van der Waals surface area contributed by atoms with Gasteiger partial charge in [-0.3, -0.25) is 0 Å². The molecule has 0 fully saturated rings. The Morgan fingerprint density at radius 3 is 2.63 bits per heavy atom. The van der Waals surface area contributed by atoms with Gasteiger partial charge in [0.1, 0.15) is 5.82 Å². The fourth-order valence-corrected chi connectivity index (χ4v) is 3.01. The first kappa shape index (κ1) is 14.0. The van der Waals surface area contributed by atoms with Crippen molar-refractivity contribution in [2.75, 3.05) is 11.9 Å². The Labute approximate surface area is 118 Å². The first-order chi connectivity index (χ1) is 9.02. The lowest BCUT2D eigenvalue weighted by Crippen LogP contribution is -2.21. The van der Waals surface area contributed by atoms with Crippen molar-refractivity contribution in [3.05, 3.63) is 39.0 Å². The number of rotatable bonds is 4. The molecule has 0 atom stereocenters. The Morgan fingerprint density at radius 1 is 1.32 bits per heavy atom. The Morgan fingerprint density at radius 2 is 2.05 bits per heavy atom. The van der Waals surface area contributed by atoms with Crippen LogP contribution in [0.4, 0.5) is 5.82 Å². The van der Waals surface area contributed by atoms with Crippen molar-refractivity contribution >= 4 is 17.2 Å². The van der Waals surface area contributed by atoms with Gasteiger partial charge in [-0.05, 0) is 32.4 Å². The van der Waals surface area contributed by atoms with E-state index in [0.29, 0.717) is 6.54 Å². The topological polar surface area (TPSA) is 55.0 Å². The molecule has 0 radical (unpaired) electrons. The summed E-state index contributed by atoms with van der Waals surface area (Å²) in [5.41, 5.74) is 12.2. The Kier molecular flexibility index (Phi) is 4.17. The second-order valence-electron chi connectivity index (χ2n) is 4.80. The lowest BCUT2D eigenvalue weighted by Gasteiger charge is -2.22. The van der Waals surface area contributed by atoms with Crippen molar-refractivity contribution < 1.29 is 0 Å². The molecule has 0 aliphatic carbocycles. The van der Waals surface area contributed by atoms with E-state index in [4.69, 9.17) is 5.73 Å². The minimum atomic E-state index is 0.514. The molecule has 0 aliphatic rings. The van der Waals surface area contributed by atoms with Crippen LogP contribution in [0.3, 0.4) is 0 Å². The summed E-state index contributed by atoms with van der Waals surface area (Å²) in [6.45, 7) is 7.48. The summed E-state index contributed by atoms with van der Waals surface area (Å²) >= 11 is 1.68. The molecule has 0 bridgehead atoms. The maximum atomic E-state index is 5.87. The first-order valence-electron chi connectivity index (χ1n) is 6.30. The number of nitrogens with zero attached hydrogens (tertiary/aromatic N) is 3. The van der Waals surface area contributed by atoms with E-state index < -0.39 is 0 Å². The molecule has 0 spiro atoms. The smallest absolute Gasteiger partial charge is 0.133 e. The van der Waals surface area contributed by atoms with Crippen LogP contribution in [0.5, 0.6) is 0 Å². The van der Waals surface area contributed by atoms with Gasteiger partial charge in [-0.2, -0.15) is 0 Å². The van der Waals surface area contributed by atoms with Crippen molar-refractivity contribution in [3.8, 4) is 0 Å². The molecule has 2 aromatic heterocycles. The number of anilines is 1. The van der Waals surface area contributed by atoms with E-state index in [2.05, 4.69) is 34.9 Å². The van der Waals surface area contributed by atoms with Crippen LogP contribution in [-0.2, 0) is 13.1 Å². The molecule has 102 valence electrons. The minimum absolute atomic E-state index is 0.514. The number of hydrogen-bond acceptors (Lipinski definition) is 5. The summed E-state index contributed by atoms with van der Waals surface area (Å²) in [6.07, 6.45) is 0. The van der Waals surface area contributed by atoms with E-state index in [0.717, 1.165) is 29.3 Å². The van der Waals surface area contributed by atoms with Gasteiger partial charge >= 0.3 is 0 Å². The van der Waals surface area contributed by atoms with Gasteiger partial charge in [-0.1, -0.05) is 0 Å². The zero-order chi connectivity index (χ0) is 14.0.